The van der Waals surface area contributed by atoms with E-state index in [0.717, 1.165) is 29.8 Å². The number of benzene rings is 1. The van der Waals surface area contributed by atoms with Crippen LogP contribution in [0.5, 0.6) is 0 Å². The summed E-state index contributed by atoms with van der Waals surface area (Å²) in [4.78, 5) is 36.2. The molecule has 0 fully saturated rings. The SMILES string of the molecule is C[C@@H](OC(=O)c1ccc([N+](=O)[O-])o1)C(=O)N1c2ccccc2C[C@@H]1C. The van der Waals surface area contributed by atoms with E-state index in [1.165, 1.54) is 6.92 Å². The maximum absolute atomic E-state index is 12.7. The predicted octanol–water partition coefficient (Wildman–Crippen LogP) is 2.71. The van der Waals surface area contributed by atoms with E-state index in [2.05, 4.69) is 0 Å². The molecule has 2 heterocycles. The second-order valence-electron chi connectivity index (χ2n) is 5.83. The fourth-order valence-electron chi connectivity index (χ4n) is 2.90. The minimum absolute atomic E-state index is 0.0456. The summed E-state index contributed by atoms with van der Waals surface area (Å²) in [6, 6.07) is 9.71. The average molecular weight is 344 g/mol. The highest BCUT2D eigenvalue weighted by Crippen LogP contribution is 2.32. The molecule has 0 radical (unpaired) electrons. The second kappa shape index (κ2) is 6.39. The van der Waals surface area contributed by atoms with Gasteiger partial charge in [0.15, 0.2) is 6.10 Å². The topological polar surface area (TPSA) is 103 Å². The molecule has 0 bridgehead atoms. The molecule has 1 amide bonds. The zero-order valence-electron chi connectivity index (χ0n) is 13.7. The summed E-state index contributed by atoms with van der Waals surface area (Å²) in [6.07, 6.45) is -0.322. The molecule has 8 nitrogen and oxygen atoms in total. The van der Waals surface area contributed by atoms with Crippen LogP contribution in [0.25, 0.3) is 0 Å². The van der Waals surface area contributed by atoms with Crippen molar-refractivity contribution in [1.82, 2.24) is 0 Å². The Balaban J connectivity index is 1.72. The minimum Gasteiger partial charge on any atom is -0.447 e. The standard InChI is InChI=1S/C17H16N2O6/c1-10-9-12-5-3-4-6-13(12)18(10)16(20)11(2)24-17(21)14-7-8-15(25-14)19(22)23/h3-8,10-11H,9H2,1-2H3/t10-,11+/m0/s1. The van der Waals surface area contributed by atoms with Crippen molar-refractivity contribution >= 4 is 23.4 Å². The van der Waals surface area contributed by atoms with Crippen molar-refractivity contribution < 1.29 is 23.7 Å². The van der Waals surface area contributed by atoms with E-state index in [1.54, 1.807) is 4.90 Å². The molecule has 1 aromatic carbocycles. The number of carbonyl (C=O) groups excluding carboxylic acids is 2. The van der Waals surface area contributed by atoms with Crippen molar-refractivity contribution in [3.8, 4) is 0 Å². The van der Waals surface area contributed by atoms with E-state index < -0.39 is 22.9 Å². The zero-order chi connectivity index (χ0) is 18.1. The van der Waals surface area contributed by atoms with E-state index in [-0.39, 0.29) is 17.7 Å². The van der Waals surface area contributed by atoms with Crippen molar-refractivity contribution in [2.45, 2.75) is 32.4 Å². The van der Waals surface area contributed by atoms with Gasteiger partial charge in [-0.1, -0.05) is 18.2 Å². The van der Waals surface area contributed by atoms with Gasteiger partial charge in [-0.25, -0.2) is 4.79 Å². The molecule has 1 aliphatic rings. The van der Waals surface area contributed by atoms with Gasteiger partial charge in [0.1, 0.15) is 4.92 Å². The Bertz CT molecular complexity index is 843. The molecule has 1 aromatic heterocycles. The smallest absolute Gasteiger partial charge is 0.433 e. The van der Waals surface area contributed by atoms with E-state index in [9.17, 15) is 19.7 Å². The number of rotatable bonds is 4. The van der Waals surface area contributed by atoms with Crippen LogP contribution in [-0.4, -0.2) is 28.9 Å². The molecule has 2 atom stereocenters. The summed E-state index contributed by atoms with van der Waals surface area (Å²) < 4.78 is 9.91. The van der Waals surface area contributed by atoms with Crippen molar-refractivity contribution in [2.24, 2.45) is 0 Å². The van der Waals surface area contributed by atoms with E-state index in [4.69, 9.17) is 9.15 Å². The van der Waals surface area contributed by atoms with Gasteiger partial charge in [0.2, 0.25) is 5.76 Å². The lowest BCUT2D eigenvalue weighted by atomic mass is 10.1. The average Bonchev–Trinajstić information content (AvgIpc) is 3.18. The lowest BCUT2D eigenvalue weighted by Gasteiger charge is -2.25. The molecule has 8 heteroatoms. The number of anilines is 1. The quantitative estimate of drug-likeness (QED) is 0.480. The second-order valence-corrected chi connectivity index (χ2v) is 5.83. The Morgan fingerprint density at radius 1 is 1.32 bits per heavy atom. The first kappa shape index (κ1) is 16.7. The minimum atomic E-state index is -1.05. The summed E-state index contributed by atoms with van der Waals surface area (Å²) in [5, 5.41) is 10.6. The molecule has 0 spiro atoms. The Hall–Kier alpha value is -3.16. The number of fused-ring (bicyclic) bond motifs is 1. The lowest BCUT2D eigenvalue weighted by molar-refractivity contribution is -0.402. The third kappa shape index (κ3) is 3.10. The summed E-state index contributed by atoms with van der Waals surface area (Å²) >= 11 is 0. The lowest BCUT2D eigenvalue weighted by Crippen LogP contribution is -2.43. The van der Waals surface area contributed by atoms with Crippen LogP contribution in [0.4, 0.5) is 11.6 Å². The number of amides is 1. The van der Waals surface area contributed by atoms with Crippen LogP contribution in [0, 0.1) is 10.1 Å². The fourth-order valence-corrected chi connectivity index (χ4v) is 2.90. The molecular weight excluding hydrogens is 328 g/mol. The summed E-state index contributed by atoms with van der Waals surface area (Å²) in [7, 11) is 0. The van der Waals surface area contributed by atoms with E-state index in [1.807, 2.05) is 31.2 Å². The largest absolute Gasteiger partial charge is 0.447 e. The maximum atomic E-state index is 12.7. The molecule has 25 heavy (non-hydrogen) atoms. The molecule has 0 unspecified atom stereocenters. The summed E-state index contributed by atoms with van der Waals surface area (Å²) in [5.74, 6) is -2.16. The van der Waals surface area contributed by atoms with Gasteiger partial charge >= 0.3 is 11.9 Å². The molecule has 2 aromatic rings. The number of esters is 1. The van der Waals surface area contributed by atoms with Crippen LogP contribution in [0.2, 0.25) is 0 Å². The van der Waals surface area contributed by atoms with Gasteiger partial charge in [-0.05, 0) is 38.0 Å². The van der Waals surface area contributed by atoms with Gasteiger partial charge in [-0.2, -0.15) is 0 Å². The van der Waals surface area contributed by atoms with Crippen LogP contribution < -0.4 is 4.90 Å². The third-order valence-corrected chi connectivity index (χ3v) is 4.05. The first-order valence-electron chi connectivity index (χ1n) is 7.74. The molecule has 0 N–H and O–H groups in total. The molecule has 0 aliphatic carbocycles. The van der Waals surface area contributed by atoms with Gasteiger partial charge in [0.05, 0.1) is 6.07 Å². The summed E-state index contributed by atoms with van der Waals surface area (Å²) in [6.45, 7) is 3.38. The molecular formula is C17H16N2O6. The summed E-state index contributed by atoms with van der Waals surface area (Å²) in [5.41, 5.74) is 1.86. The van der Waals surface area contributed by atoms with Crippen LogP contribution in [0.15, 0.2) is 40.8 Å². The van der Waals surface area contributed by atoms with Gasteiger partial charge in [0.25, 0.3) is 5.91 Å². The van der Waals surface area contributed by atoms with Gasteiger partial charge in [-0.15, -0.1) is 0 Å². The number of para-hydroxylation sites is 1. The number of hydrogen-bond acceptors (Lipinski definition) is 6. The third-order valence-electron chi connectivity index (χ3n) is 4.05. The number of furan rings is 1. The van der Waals surface area contributed by atoms with Gasteiger partial charge in [0, 0.05) is 11.7 Å². The molecule has 1 aliphatic heterocycles. The van der Waals surface area contributed by atoms with E-state index >= 15 is 0 Å². The molecule has 0 saturated carbocycles. The van der Waals surface area contributed by atoms with Crippen LogP contribution in [0.1, 0.15) is 30.0 Å². The number of carbonyl (C=O) groups is 2. The molecule has 0 saturated heterocycles. The normalized spacial score (nSPS) is 17.0. The van der Waals surface area contributed by atoms with Crippen molar-refractivity contribution in [1.29, 1.82) is 0 Å². The van der Waals surface area contributed by atoms with Crippen molar-refractivity contribution in [3.63, 3.8) is 0 Å². The number of ether oxygens (including phenoxy) is 1. The van der Waals surface area contributed by atoms with Gasteiger partial charge < -0.3 is 14.1 Å². The molecule has 130 valence electrons. The van der Waals surface area contributed by atoms with Crippen molar-refractivity contribution in [3.05, 3.63) is 57.8 Å². The van der Waals surface area contributed by atoms with E-state index in [0.29, 0.717) is 0 Å². The highest BCUT2D eigenvalue weighted by Gasteiger charge is 2.35. The number of hydrogen-bond donors (Lipinski definition) is 0. The number of nitro groups is 1. The first-order chi connectivity index (χ1) is 11.9. The highest BCUT2D eigenvalue weighted by atomic mass is 16.7. The Morgan fingerprint density at radius 3 is 2.72 bits per heavy atom. The van der Waals surface area contributed by atoms with Crippen LogP contribution in [-0.2, 0) is 16.0 Å². The maximum Gasteiger partial charge on any atom is 0.433 e. The Kier molecular flexibility index (Phi) is 4.26. The van der Waals surface area contributed by atoms with Crippen LogP contribution >= 0.6 is 0 Å². The monoisotopic (exact) mass is 344 g/mol. The number of nitrogens with zero attached hydrogens (tertiary/aromatic N) is 2. The van der Waals surface area contributed by atoms with Crippen LogP contribution in [0.3, 0.4) is 0 Å². The first-order valence-corrected chi connectivity index (χ1v) is 7.74. The molecule has 3 rings (SSSR count). The Morgan fingerprint density at radius 2 is 2.04 bits per heavy atom. The van der Waals surface area contributed by atoms with Crippen molar-refractivity contribution in [2.75, 3.05) is 4.90 Å². The zero-order valence-corrected chi connectivity index (χ0v) is 13.7. The fraction of sp³-hybridized carbons (Fsp3) is 0.294. The Labute approximate surface area is 143 Å². The predicted molar refractivity (Wildman–Crippen MR) is 87.3 cm³/mol. The highest BCUT2D eigenvalue weighted by molar-refractivity contribution is 6.00. The van der Waals surface area contributed by atoms with Gasteiger partial charge in [-0.3, -0.25) is 14.9 Å².